The minimum absolute atomic E-state index is 0.0611. The van der Waals surface area contributed by atoms with E-state index in [1.807, 2.05) is 19.3 Å². The first kappa shape index (κ1) is 12.7. The number of carbonyl (C=O) groups excluding carboxylic acids is 1. The average molecular weight is 258 g/mol. The third-order valence-corrected chi connectivity index (χ3v) is 2.62. The first-order chi connectivity index (χ1) is 9.08. The van der Waals surface area contributed by atoms with Crippen LogP contribution in [0.2, 0.25) is 0 Å². The molecule has 2 rings (SSSR count). The zero-order valence-electron chi connectivity index (χ0n) is 10.5. The van der Waals surface area contributed by atoms with Gasteiger partial charge in [0, 0.05) is 26.0 Å². The van der Waals surface area contributed by atoms with Crippen molar-refractivity contribution in [3.05, 3.63) is 35.9 Å². The molecule has 98 valence electrons. The van der Waals surface area contributed by atoms with Crippen LogP contribution in [0.4, 0.5) is 5.69 Å². The van der Waals surface area contributed by atoms with Gasteiger partial charge in [-0.2, -0.15) is 10.4 Å². The number of nitrogens with one attached hydrogen (secondary N) is 1. The van der Waals surface area contributed by atoms with Crippen molar-refractivity contribution < 1.29 is 4.79 Å². The molecule has 3 N–H and O–H groups in total. The van der Waals surface area contributed by atoms with E-state index in [1.165, 1.54) is 4.68 Å². The van der Waals surface area contributed by atoms with E-state index in [0.717, 1.165) is 11.3 Å². The van der Waals surface area contributed by atoms with E-state index < -0.39 is 5.91 Å². The van der Waals surface area contributed by atoms with Crippen LogP contribution in [0, 0.1) is 11.3 Å². The van der Waals surface area contributed by atoms with Gasteiger partial charge in [0.15, 0.2) is 0 Å². The highest BCUT2D eigenvalue weighted by atomic mass is 16.1. The molecule has 0 radical (unpaired) electrons. The predicted octanol–water partition coefficient (Wildman–Crippen LogP) is 0.191. The van der Waals surface area contributed by atoms with Gasteiger partial charge in [0.25, 0.3) is 0 Å². The Labute approximate surface area is 110 Å². The molecular weight excluding hydrogens is 244 g/mol. The Balaban J connectivity index is 1.96. The fourth-order valence-electron chi connectivity index (χ4n) is 1.75. The van der Waals surface area contributed by atoms with Crippen molar-refractivity contribution >= 4 is 11.6 Å². The third kappa shape index (κ3) is 3.13. The molecule has 1 amide bonds. The Hall–Kier alpha value is -2.75. The number of aromatic nitrogens is 3. The molecule has 0 aliphatic rings. The van der Waals surface area contributed by atoms with Gasteiger partial charge in [0.05, 0.1) is 11.9 Å². The van der Waals surface area contributed by atoms with Crippen LogP contribution in [0.3, 0.4) is 0 Å². The lowest BCUT2D eigenvalue weighted by Gasteiger charge is -2.00. The van der Waals surface area contributed by atoms with Gasteiger partial charge < -0.3 is 15.6 Å². The molecular formula is C12H14N6O. The number of hydrogen-bond acceptors (Lipinski definition) is 4. The SMILES string of the molecule is Cn1cc(CNc2cnn(CC(N)=O)c2)cc1C#N. The molecule has 0 saturated carbocycles. The highest BCUT2D eigenvalue weighted by Crippen LogP contribution is 2.10. The topological polar surface area (TPSA) is 102 Å². The van der Waals surface area contributed by atoms with Crippen molar-refractivity contribution in [2.75, 3.05) is 5.32 Å². The quantitative estimate of drug-likeness (QED) is 0.799. The Bertz CT molecular complexity index is 633. The smallest absolute Gasteiger partial charge is 0.239 e. The Morgan fingerprint density at radius 3 is 3.00 bits per heavy atom. The van der Waals surface area contributed by atoms with E-state index in [-0.39, 0.29) is 6.54 Å². The molecule has 0 saturated heterocycles. The Morgan fingerprint density at radius 1 is 1.58 bits per heavy atom. The maximum absolute atomic E-state index is 10.7. The minimum Gasteiger partial charge on any atom is -0.378 e. The van der Waals surface area contributed by atoms with Crippen LogP contribution in [0.5, 0.6) is 0 Å². The van der Waals surface area contributed by atoms with Crippen LogP contribution in [0.25, 0.3) is 0 Å². The lowest BCUT2D eigenvalue weighted by molar-refractivity contribution is -0.118. The first-order valence-electron chi connectivity index (χ1n) is 5.68. The zero-order chi connectivity index (χ0) is 13.8. The maximum atomic E-state index is 10.7. The van der Waals surface area contributed by atoms with Gasteiger partial charge in [0.1, 0.15) is 18.3 Å². The van der Waals surface area contributed by atoms with E-state index >= 15 is 0 Å². The van der Waals surface area contributed by atoms with Gasteiger partial charge in [-0.15, -0.1) is 0 Å². The van der Waals surface area contributed by atoms with Crippen molar-refractivity contribution in [2.24, 2.45) is 12.8 Å². The fourth-order valence-corrected chi connectivity index (χ4v) is 1.75. The van der Waals surface area contributed by atoms with Crippen LogP contribution in [-0.4, -0.2) is 20.3 Å². The molecule has 2 heterocycles. The molecule has 0 bridgehead atoms. The largest absolute Gasteiger partial charge is 0.378 e. The molecule has 0 aliphatic heterocycles. The minimum atomic E-state index is -0.434. The van der Waals surface area contributed by atoms with Crippen LogP contribution < -0.4 is 11.1 Å². The Morgan fingerprint density at radius 2 is 2.37 bits per heavy atom. The van der Waals surface area contributed by atoms with Gasteiger partial charge in [-0.05, 0) is 11.6 Å². The lowest BCUT2D eigenvalue weighted by Crippen LogP contribution is -2.18. The summed E-state index contributed by atoms with van der Waals surface area (Å²) in [7, 11) is 1.83. The number of nitrogens with two attached hydrogens (primary N) is 1. The summed E-state index contributed by atoms with van der Waals surface area (Å²) in [6.07, 6.45) is 5.22. The number of aryl methyl sites for hydroxylation is 1. The number of amides is 1. The number of primary amides is 1. The van der Waals surface area contributed by atoms with Crippen LogP contribution >= 0.6 is 0 Å². The summed E-state index contributed by atoms with van der Waals surface area (Å²) in [5.41, 5.74) is 7.49. The highest BCUT2D eigenvalue weighted by Gasteiger charge is 2.04. The van der Waals surface area contributed by atoms with E-state index in [1.54, 1.807) is 17.0 Å². The molecule has 0 fully saturated rings. The monoisotopic (exact) mass is 258 g/mol. The van der Waals surface area contributed by atoms with Gasteiger partial charge in [-0.3, -0.25) is 9.48 Å². The summed E-state index contributed by atoms with van der Waals surface area (Å²) in [6, 6.07) is 3.93. The van der Waals surface area contributed by atoms with Crippen molar-refractivity contribution in [3.63, 3.8) is 0 Å². The summed E-state index contributed by atoms with van der Waals surface area (Å²) < 4.78 is 3.24. The van der Waals surface area contributed by atoms with E-state index in [4.69, 9.17) is 11.0 Å². The van der Waals surface area contributed by atoms with Crippen molar-refractivity contribution in [3.8, 4) is 6.07 Å². The number of carbonyl (C=O) groups is 1. The second kappa shape index (κ2) is 5.27. The molecule has 7 nitrogen and oxygen atoms in total. The standard InChI is InChI=1S/C12H14N6O/c1-17-6-9(2-11(17)3-13)4-15-10-5-16-18(7-10)8-12(14)19/h2,5-7,15H,4,8H2,1H3,(H2,14,19). The number of hydrogen-bond donors (Lipinski definition) is 2. The van der Waals surface area contributed by atoms with Gasteiger partial charge >= 0.3 is 0 Å². The molecule has 0 spiro atoms. The molecule has 19 heavy (non-hydrogen) atoms. The summed E-state index contributed by atoms with van der Waals surface area (Å²) in [5, 5.41) is 16.0. The van der Waals surface area contributed by atoms with Crippen molar-refractivity contribution in [2.45, 2.75) is 13.1 Å². The van der Waals surface area contributed by atoms with E-state index in [0.29, 0.717) is 12.2 Å². The summed E-state index contributed by atoms with van der Waals surface area (Å²) >= 11 is 0. The summed E-state index contributed by atoms with van der Waals surface area (Å²) in [5.74, 6) is -0.434. The lowest BCUT2D eigenvalue weighted by atomic mass is 10.3. The van der Waals surface area contributed by atoms with E-state index in [2.05, 4.69) is 16.5 Å². The Kier molecular flexibility index (Phi) is 3.52. The van der Waals surface area contributed by atoms with E-state index in [9.17, 15) is 4.79 Å². The number of nitrogens with zero attached hydrogens (tertiary/aromatic N) is 4. The van der Waals surface area contributed by atoms with Crippen LogP contribution in [0.15, 0.2) is 24.7 Å². The fraction of sp³-hybridized carbons (Fsp3) is 0.250. The molecule has 2 aromatic rings. The predicted molar refractivity (Wildman–Crippen MR) is 68.9 cm³/mol. The number of rotatable bonds is 5. The molecule has 0 aliphatic carbocycles. The first-order valence-corrected chi connectivity index (χ1v) is 5.68. The molecule has 7 heteroatoms. The van der Waals surface area contributed by atoms with Crippen molar-refractivity contribution in [1.82, 2.24) is 14.3 Å². The number of anilines is 1. The second-order valence-electron chi connectivity index (χ2n) is 4.20. The van der Waals surface area contributed by atoms with Crippen LogP contribution in [0.1, 0.15) is 11.3 Å². The van der Waals surface area contributed by atoms with Crippen LogP contribution in [-0.2, 0) is 24.9 Å². The highest BCUT2D eigenvalue weighted by molar-refractivity contribution is 5.73. The molecule has 0 atom stereocenters. The van der Waals surface area contributed by atoms with Gasteiger partial charge in [-0.1, -0.05) is 0 Å². The number of nitriles is 1. The van der Waals surface area contributed by atoms with Gasteiger partial charge in [0.2, 0.25) is 5.91 Å². The van der Waals surface area contributed by atoms with Gasteiger partial charge in [-0.25, -0.2) is 0 Å². The molecule has 2 aromatic heterocycles. The second-order valence-corrected chi connectivity index (χ2v) is 4.20. The summed E-state index contributed by atoms with van der Waals surface area (Å²) in [4.78, 5) is 10.7. The maximum Gasteiger partial charge on any atom is 0.239 e. The zero-order valence-corrected chi connectivity index (χ0v) is 10.5. The van der Waals surface area contributed by atoms with Crippen molar-refractivity contribution in [1.29, 1.82) is 5.26 Å². The third-order valence-electron chi connectivity index (χ3n) is 2.62. The normalized spacial score (nSPS) is 10.1. The summed E-state index contributed by atoms with van der Waals surface area (Å²) in [6.45, 7) is 0.642. The molecule has 0 unspecified atom stereocenters. The molecule has 0 aromatic carbocycles. The average Bonchev–Trinajstić information content (AvgIpc) is 2.92.